The van der Waals surface area contributed by atoms with Crippen molar-refractivity contribution in [1.82, 2.24) is 10.3 Å². The van der Waals surface area contributed by atoms with E-state index in [1.54, 1.807) is 6.20 Å². The molecular formula is C17H21N5O. The van der Waals surface area contributed by atoms with Crippen LogP contribution in [0.4, 0.5) is 27.7 Å². The molecule has 1 saturated carbocycles. The molecule has 0 aliphatic heterocycles. The molecule has 0 radical (unpaired) electrons. The van der Waals surface area contributed by atoms with Gasteiger partial charge in [0.1, 0.15) is 5.82 Å². The van der Waals surface area contributed by atoms with E-state index in [1.165, 1.54) is 0 Å². The van der Waals surface area contributed by atoms with Gasteiger partial charge in [0.05, 0.1) is 11.9 Å². The van der Waals surface area contributed by atoms with E-state index < -0.39 is 0 Å². The predicted octanol–water partition coefficient (Wildman–Crippen LogP) is 3.18. The van der Waals surface area contributed by atoms with Crippen molar-refractivity contribution in [2.45, 2.75) is 18.9 Å². The molecule has 1 aliphatic carbocycles. The van der Waals surface area contributed by atoms with E-state index in [0.29, 0.717) is 11.7 Å². The molecule has 1 heterocycles. The van der Waals surface area contributed by atoms with E-state index >= 15 is 0 Å². The molecule has 120 valence electrons. The molecule has 6 heteroatoms. The maximum absolute atomic E-state index is 11.7. The van der Waals surface area contributed by atoms with Gasteiger partial charge in [0, 0.05) is 31.5 Å². The first-order chi connectivity index (χ1) is 11.1. The Labute approximate surface area is 135 Å². The number of carbonyl (C=O) groups excluding carboxylic acids is 1. The minimum absolute atomic E-state index is 0.172. The number of amides is 2. The molecule has 3 N–H and O–H groups in total. The zero-order valence-electron chi connectivity index (χ0n) is 13.3. The highest BCUT2D eigenvalue weighted by Gasteiger charge is 2.23. The smallest absolute Gasteiger partial charge is 0.319 e. The van der Waals surface area contributed by atoms with E-state index in [4.69, 9.17) is 0 Å². The lowest BCUT2D eigenvalue weighted by atomic mass is 10.2. The van der Waals surface area contributed by atoms with Crippen LogP contribution in [-0.2, 0) is 0 Å². The van der Waals surface area contributed by atoms with Gasteiger partial charge in [-0.25, -0.2) is 9.78 Å². The maximum Gasteiger partial charge on any atom is 0.319 e. The first-order valence-corrected chi connectivity index (χ1v) is 7.68. The highest BCUT2D eigenvalue weighted by molar-refractivity contribution is 5.89. The number of urea groups is 1. The van der Waals surface area contributed by atoms with Crippen LogP contribution >= 0.6 is 0 Å². The monoisotopic (exact) mass is 311 g/mol. The molecule has 1 aromatic heterocycles. The van der Waals surface area contributed by atoms with Crippen LogP contribution in [0.2, 0.25) is 0 Å². The van der Waals surface area contributed by atoms with Gasteiger partial charge >= 0.3 is 6.03 Å². The molecule has 23 heavy (non-hydrogen) atoms. The van der Waals surface area contributed by atoms with Crippen molar-refractivity contribution in [3.8, 4) is 0 Å². The van der Waals surface area contributed by atoms with Crippen molar-refractivity contribution in [2.75, 3.05) is 29.6 Å². The second-order valence-corrected chi connectivity index (χ2v) is 5.87. The van der Waals surface area contributed by atoms with Crippen LogP contribution in [0.5, 0.6) is 0 Å². The number of anilines is 4. The summed E-state index contributed by atoms with van der Waals surface area (Å²) in [6.45, 7) is 0. The lowest BCUT2D eigenvalue weighted by Crippen LogP contribution is -2.30. The van der Waals surface area contributed by atoms with Gasteiger partial charge in [-0.3, -0.25) is 0 Å². The molecule has 1 fully saturated rings. The number of carbonyl (C=O) groups is 1. The van der Waals surface area contributed by atoms with Gasteiger partial charge in [-0.1, -0.05) is 0 Å². The summed E-state index contributed by atoms with van der Waals surface area (Å²) in [5.74, 6) is 0.732. The Kier molecular flexibility index (Phi) is 4.32. The van der Waals surface area contributed by atoms with E-state index in [0.717, 1.165) is 30.0 Å². The first kappa shape index (κ1) is 15.1. The van der Waals surface area contributed by atoms with Crippen molar-refractivity contribution in [1.29, 1.82) is 0 Å². The Morgan fingerprint density at radius 2 is 1.78 bits per heavy atom. The zero-order chi connectivity index (χ0) is 16.2. The molecule has 0 unspecified atom stereocenters. The highest BCUT2D eigenvalue weighted by Crippen LogP contribution is 2.20. The Hall–Kier alpha value is -2.76. The third kappa shape index (κ3) is 4.35. The summed E-state index contributed by atoms with van der Waals surface area (Å²) in [7, 11) is 4.02. The molecular weight excluding hydrogens is 290 g/mol. The molecule has 0 bridgehead atoms. The van der Waals surface area contributed by atoms with Gasteiger partial charge < -0.3 is 20.9 Å². The minimum atomic E-state index is -0.172. The summed E-state index contributed by atoms with van der Waals surface area (Å²) in [4.78, 5) is 18.0. The third-order valence-electron chi connectivity index (χ3n) is 3.59. The fraction of sp³-hybridized carbons (Fsp3) is 0.294. The summed E-state index contributed by atoms with van der Waals surface area (Å²) in [6.07, 6.45) is 3.78. The van der Waals surface area contributed by atoms with Crippen LogP contribution in [0.25, 0.3) is 0 Å². The number of aromatic nitrogens is 1. The van der Waals surface area contributed by atoms with Crippen LogP contribution in [0.15, 0.2) is 42.6 Å². The molecule has 2 aromatic rings. The van der Waals surface area contributed by atoms with Crippen LogP contribution in [0.1, 0.15) is 12.8 Å². The van der Waals surface area contributed by atoms with Crippen LogP contribution in [-0.4, -0.2) is 31.2 Å². The Morgan fingerprint density at radius 3 is 2.35 bits per heavy atom. The normalized spacial score (nSPS) is 13.3. The molecule has 1 aliphatic rings. The van der Waals surface area contributed by atoms with Crippen molar-refractivity contribution >= 4 is 28.9 Å². The lowest BCUT2D eigenvalue weighted by Gasteiger charge is -2.13. The topological polar surface area (TPSA) is 69.3 Å². The van der Waals surface area contributed by atoms with Crippen LogP contribution < -0.4 is 20.9 Å². The quantitative estimate of drug-likeness (QED) is 0.793. The largest absolute Gasteiger partial charge is 0.378 e. The van der Waals surface area contributed by atoms with Gasteiger partial charge in [-0.05, 0) is 49.2 Å². The molecule has 3 rings (SSSR count). The van der Waals surface area contributed by atoms with Gasteiger partial charge in [0.25, 0.3) is 0 Å². The average molecular weight is 311 g/mol. The number of nitrogens with one attached hydrogen (secondary N) is 3. The number of benzene rings is 1. The molecule has 1 aromatic carbocycles. The van der Waals surface area contributed by atoms with Crippen molar-refractivity contribution in [2.24, 2.45) is 0 Å². The van der Waals surface area contributed by atoms with Crippen molar-refractivity contribution in [3.05, 3.63) is 42.6 Å². The molecule has 0 atom stereocenters. The van der Waals surface area contributed by atoms with Gasteiger partial charge in [0.2, 0.25) is 0 Å². The lowest BCUT2D eigenvalue weighted by molar-refractivity contribution is 0.251. The van der Waals surface area contributed by atoms with Crippen molar-refractivity contribution < 1.29 is 4.79 Å². The van der Waals surface area contributed by atoms with E-state index in [2.05, 4.69) is 25.8 Å². The minimum Gasteiger partial charge on any atom is -0.378 e. The van der Waals surface area contributed by atoms with Gasteiger partial charge in [-0.15, -0.1) is 0 Å². The average Bonchev–Trinajstić information content (AvgIpc) is 3.33. The second-order valence-electron chi connectivity index (χ2n) is 5.87. The van der Waals surface area contributed by atoms with E-state index in [9.17, 15) is 4.79 Å². The molecule has 2 amide bonds. The second kappa shape index (κ2) is 6.56. The Balaban J connectivity index is 1.57. The summed E-state index contributed by atoms with van der Waals surface area (Å²) < 4.78 is 0. The number of hydrogen-bond acceptors (Lipinski definition) is 4. The number of pyridine rings is 1. The SMILES string of the molecule is CN(C)c1ccc(Nc2ccc(NC(=O)NC3CC3)cn2)cc1. The maximum atomic E-state index is 11.7. The number of rotatable bonds is 5. The standard InChI is InChI=1S/C17H21N5O/c1-22(2)15-8-5-12(6-9-15)19-16-10-7-14(11-18-16)21-17(23)20-13-3-4-13/h5-11,13H,3-4H2,1-2H3,(H,18,19)(H2,20,21,23). The summed E-state index contributed by atoms with van der Waals surface area (Å²) in [6, 6.07) is 11.9. The Morgan fingerprint density at radius 1 is 1.09 bits per heavy atom. The fourth-order valence-electron chi connectivity index (χ4n) is 2.11. The first-order valence-electron chi connectivity index (χ1n) is 7.68. The van der Waals surface area contributed by atoms with Crippen molar-refractivity contribution in [3.63, 3.8) is 0 Å². The van der Waals surface area contributed by atoms with Crippen LogP contribution in [0.3, 0.4) is 0 Å². The number of hydrogen-bond donors (Lipinski definition) is 3. The third-order valence-corrected chi connectivity index (χ3v) is 3.59. The Bertz CT molecular complexity index is 662. The van der Waals surface area contributed by atoms with Gasteiger partial charge in [0.15, 0.2) is 0 Å². The zero-order valence-corrected chi connectivity index (χ0v) is 13.3. The summed E-state index contributed by atoms with van der Waals surface area (Å²) in [5.41, 5.74) is 2.79. The number of nitrogens with zero attached hydrogens (tertiary/aromatic N) is 2. The highest BCUT2D eigenvalue weighted by atomic mass is 16.2. The molecule has 0 saturated heterocycles. The molecule has 0 spiro atoms. The summed E-state index contributed by atoms with van der Waals surface area (Å²) >= 11 is 0. The fourth-order valence-corrected chi connectivity index (χ4v) is 2.11. The van der Waals surface area contributed by atoms with E-state index in [-0.39, 0.29) is 6.03 Å². The van der Waals surface area contributed by atoms with Gasteiger partial charge in [-0.2, -0.15) is 0 Å². The van der Waals surface area contributed by atoms with Crippen LogP contribution in [0, 0.1) is 0 Å². The predicted molar refractivity (Wildman–Crippen MR) is 93.5 cm³/mol. The molecule has 6 nitrogen and oxygen atoms in total. The van der Waals surface area contributed by atoms with E-state index in [1.807, 2.05) is 50.5 Å². The summed E-state index contributed by atoms with van der Waals surface area (Å²) in [5, 5.41) is 8.89.